The summed E-state index contributed by atoms with van der Waals surface area (Å²) in [6, 6.07) is 6.84. The monoisotopic (exact) mass is 435 g/mol. The van der Waals surface area contributed by atoms with E-state index >= 15 is 0 Å². The summed E-state index contributed by atoms with van der Waals surface area (Å²) in [6.07, 6.45) is -0.304. The van der Waals surface area contributed by atoms with Gasteiger partial charge in [-0.15, -0.1) is 0 Å². The number of esters is 1. The van der Waals surface area contributed by atoms with E-state index in [1.165, 1.54) is 12.1 Å². The van der Waals surface area contributed by atoms with Gasteiger partial charge in [-0.2, -0.15) is 0 Å². The van der Waals surface area contributed by atoms with Gasteiger partial charge in [0.15, 0.2) is 5.11 Å². The van der Waals surface area contributed by atoms with Gasteiger partial charge in [0.25, 0.3) is 5.69 Å². The van der Waals surface area contributed by atoms with Crippen LogP contribution in [0.4, 0.5) is 5.69 Å². The van der Waals surface area contributed by atoms with Crippen LogP contribution in [0, 0.1) is 10.1 Å². The number of carbonyl (C=O) groups is 1. The van der Waals surface area contributed by atoms with Gasteiger partial charge in [-0.05, 0) is 57.3 Å². The van der Waals surface area contributed by atoms with E-state index in [0.29, 0.717) is 22.1 Å². The minimum atomic E-state index is -0.699. The molecule has 0 saturated carbocycles. The highest BCUT2D eigenvalue weighted by Gasteiger charge is 2.34. The number of nitrogens with zero attached hydrogens (tertiary/aromatic N) is 1. The summed E-state index contributed by atoms with van der Waals surface area (Å²) in [6.45, 7) is 5.22. The maximum Gasteiger partial charge on any atom is 0.338 e. The molecule has 0 bridgehead atoms. The lowest BCUT2D eigenvalue weighted by molar-refractivity contribution is -0.384. The van der Waals surface area contributed by atoms with Crippen LogP contribution in [0.15, 0.2) is 46.0 Å². The van der Waals surface area contributed by atoms with Crippen LogP contribution in [0.1, 0.15) is 32.6 Å². The fraction of sp³-hybridized carbons (Fsp3) is 0.263. The third-order valence-corrected chi connectivity index (χ3v) is 4.62. The number of thiocarbonyl (C=S) groups is 1. The van der Waals surface area contributed by atoms with Crippen LogP contribution in [-0.2, 0) is 9.53 Å². The summed E-state index contributed by atoms with van der Waals surface area (Å²) in [4.78, 5) is 23.5. The van der Waals surface area contributed by atoms with Crippen LogP contribution in [0.2, 0.25) is 5.02 Å². The fourth-order valence-electron chi connectivity index (χ4n) is 2.97. The van der Waals surface area contributed by atoms with E-state index in [-0.39, 0.29) is 28.1 Å². The van der Waals surface area contributed by atoms with Gasteiger partial charge in [0, 0.05) is 16.8 Å². The Morgan fingerprint density at radius 3 is 2.72 bits per heavy atom. The first kappa shape index (κ1) is 20.8. The van der Waals surface area contributed by atoms with Crippen LogP contribution < -0.4 is 10.6 Å². The molecule has 0 spiro atoms. The van der Waals surface area contributed by atoms with Crippen LogP contribution in [0.25, 0.3) is 11.3 Å². The van der Waals surface area contributed by atoms with Crippen molar-refractivity contribution in [3.05, 3.63) is 62.5 Å². The Morgan fingerprint density at radius 2 is 2.07 bits per heavy atom. The second kappa shape index (κ2) is 8.22. The molecule has 29 heavy (non-hydrogen) atoms. The number of halogens is 1. The van der Waals surface area contributed by atoms with Crippen molar-refractivity contribution in [1.29, 1.82) is 0 Å². The predicted molar refractivity (Wildman–Crippen MR) is 111 cm³/mol. The molecular formula is C19H18ClN3O5S. The second-order valence-electron chi connectivity index (χ2n) is 6.64. The fourth-order valence-corrected chi connectivity index (χ4v) is 3.41. The Labute approximate surface area is 177 Å². The van der Waals surface area contributed by atoms with Crippen molar-refractivity contribution in [2.45, 2.75) is 32.9 Å². The smallest absolute Gasteiger partial charge is 0.338 e. The van der Waals surface area contributed by atoms with Gasteiger partial charge in [-0.3, -0.25) is 10.1 Å². The van der Waals surface area contributed by atoms with E-state index in [9.17, 15) is 14.9 Å². The first-order valence-electron chi connectivity index (χ1n) is 8.70. The molecule has 2 aromatic rings. The second-order valence-corrected chi connectivity index (χ2v) is 7.49. The lowest BCUT2D eigenvalue weighted by Crippen LogP contribution is -2.45. The number of hydrogen-bond acceptors (Lipinski definition) is 6. The highest BCUT2D eigenvalue weighted by molar-refractivity contribution is 7.80. The Morgan fingerprint density at radius 1 is 1.34 bits per heavy atom. The SMILES string of the molecule is CC1=C(C(=O)OC(C)C)[C@H](c2ccc(-c3ccc(Cl)cc3[N+](=O)[O-])o2)NC(=S)N1. The first-order chi connectivity index (χ1) is 13.7. The van der Waals surface area contributed by atoms with Gasteiger partial charge in [-0.1, -0.05) is 11.6 Å². The van der Waals surface area contributed by atoms with Crippen molar-refractivity contribution in [3.63, 3.8) is 0 Å². The molecule has 0 radical (unpaired) electrons. The maximum absolute atomic E-state index is 12.6. The molecule has 1 aromatic carbocycles. The molecule has 1 aliphatic rings. The Balaban J connectivity index is 2.02. The van der Waals surface area contributed by atoms with E-state index < -0.39 is 16.9 Å². The van der Waals surface area contributed by atoms with Gasteiger partial charge in [0.05, 0.1) is 22.2 Å². The molecule has 1 atom stereocenters. The molecule has 0 unspecified atom stereocenters. The molecule has 0 aliphatic carbocycles. The molecule has 0 amide bonds. The number of benzene rings is 1. The van der Waals surface area contributed by atoms with E-state index in [2.05, 4.69) is 10.6 Å². The molecule has 2 heterocycles. The van der Waals surface area contributed by atoms with Crippen molar-refractivity contribution in [2.24, 2.45) is 0 Å². The van der Waals surface area contributed by atoms with Crippen molar-refractivity contribution in [3.8, 4) is 11.3 Å². The molecule has 152 valence electrons. The predicted octanol–water partition coefficient (Wildman–Crippen LogP) is 4.25. The summed E-state index contributed by atoms with van der Waals surface area (Å²) in [5, 5.41) is 17.9. The maximum atomic E-state index is 12.6. The van der Waals surface area contributed by atoms with Gasteiger partial charge in [-0.25, -0.2) is 4.79 Å². The number of nitro benzene ring substituents is 1. The van der Waals surface area contributed by atoms with Crippen molar-refractivity contribution < 1.29 is 18.9 Å². The molecule has 0 fully saturated rings. The molecule has 8 nitrogen and oxygen atoms in total. The summed E-state index contributed by atoms with van der Waals surface area (Å²) < 4.78 is 11.2. The molecule has 1 aliphatic heterocycles. The zero-order valence-electron chi connectivity index (χ0n) is 15.8. The van der Waals surface area contributed by atoms with E-state index in [0.717, 1.165) is 0 Å². The summed E-state index contributed by atoms with van der Waals surface area (Å²) in [5.41, 5.74) is 0.950. The largest absolute Gasteiger partial charge is 0.459 e. The molecule has 0 saturated heterocycles. The normalized spacial score (nSPS) is 16.4. The van der Waals surface area contributed by atoms with E-state index in [4.69, 9.17) is 33.0 Å². The van der Waals surface area contributed by atoms with Crippen LogP contribution in [0.3, 0.4) is 0 Å². The topological polar surface area (TPSA) is 107 Å². The zero-order valence-corrected chi connectivity index (χ0v) is 17.4. The number of allylic oxidation sites excluding steroid dienone is 1. The lowest BCUT2D eigenvalue weighted by Gasteiger charge is -2.28. The molecule has 10 heteroatoms. The molecule has 2 N–H and O–H groups in total. The number of rotatable bonds is 5. The summed E-state index contributed by atoms with van der Waals surface area (Å²) >= 11 is 11.1. The standard InChI is InChI=1S/C19H18ClN3O5S/c1-9(2)27-18(24)16-10(3)21-19(29)22-17(16)15-7-6-14(28-15)12-5-4-11(20)8-13(12)23(25)26/h4-9,17H,1-3H3,(H2,21,22,29)/t17-/m0/s1. The van der Waals surface area contributed by atoms with Crippen LogP contribution >= 0.6 is 23.8 Å². The summed E-state index contributed by atoms with van der Waals surface area (Å²) in [5.74, 6) is 0.118. The van der Waals surface area contributed by atoms with Gasteiger partial charge in [0.2, 0.25) is 0 Å². The van der Waals surface area contributed by atoms with Crippen LogP contribution in [-0.4, -0.2) is 22.1 Å². The average molecular weight is 436 g/mol. The Hall–Kier alpha value is -2.91. The number of hydrogen-bond donors (Lipinski definition) is 2. The number of ether oxygens (including phenoxy) is 1. The highest BCUT2D eigenvalue weighted by atomic mass is 35.5. The van der Waals surface area contributed by atoms with Gasteiger partial charge >= 0.3 is 5.97 Å². The Kier molecular flexibility index (Phi) is 5.90. The van der Waals surface area contributed by atoms with Gasteiger partial charge < -0.3 is 19.8 Å². The van der Waals surface area contributed by atoms with Crippen molar-refractivity contribution in [2.75, 3.05) is 0 Å². The number of nitrogens with one attached hydrogen (secondary N) is 2. The summed E-state index contributed by atoms with van der Waals surface area (Å²) in [7, 11) is 0. The highest BCUT2D eigenvalue weighted by Crippen LogP contribution is 2.36. The third-order valence-electron chi connectivity index (χ3n) is 4.17. The van der Waals surface area contributed by atoms with Crippen molar-refractivity contribution in [1.82, 2.24) is 10.6 Å². The molecular weight excluding hydrogens is 418 g/mol. The molecule has 1 aromatic heterocycles. The minimum Gasteiger partial charge on any atom is -0.459 e. The van der Waals surface area contributed by atoms with E-state index in [1.807, 2.05) is 0 Å². The van der Waals surface area contributed by atoms with Gasteiger partial charge in [0.1, 0.15) is 17.6 Å². The van der Waals surface area contributed by atoms with Crippen LogP contribution in [0.5, 0.6) is 0 Å². The number of carbonyl (C=O) groups excluding carboxylic acids is 1. The zero-order chi connectivity index (χ0) is 21.3. The Bertz CT molecular complexity index is 1030. The average Bonchev–Trinajstić information content (AvgIpc) is 3.09. The quantitative estimate of drug-likeness (QED) is 0.310. The van der Waals surface area contributed by atoms with E-state index in [1.54, 1.807) is 39.0 Å². The lowest BCUT2D eigenvalue weighted by atomic mass is 10.0. The molecule has 3 rings (SSSR count). The number of nitro groups is 1. The third kappa shape index (κ3) is 4.41. The number of furan rings is 1. The first-order valence-corrected chi connectivity index (χ1v) is 9.49. The van der Waals surface area contributed by atoms with Crippen molar-refractivity contribution >= 4 is 40.6 Å². The minimum absolute atomic E-state index is 0.182.